The lowest BCUT2D eigenvalue weighted by molar-refractivity contribution is -0.115. The molecule has 0 radical (unpaired) electrons. The zero-order valence-corrected chi connectivity index (χ0v) is 12.8. The smallest absolute Gasteiger partial charge is 0.238 e. The van der Waals surface area contributed by atoms with Gasteiger partial charge in [-0.05, 0) is 56.8 Å². The normalized spacial score (nSPS) is 22.4. The standard InChI is InChI=1S/C17H25N3O/c1-13-4-2-3-5-16(13)19-17(21)11-18-10-14-8-9-20(12-14)15-6-7-15/h2-5,14-15,18H,6-12H2,1H3,(H,19,21). The van der Waals surface area contributed by atoms with E-state index in [0.717, 1.165) is 23.8 Å². The second-order valence-corrected chi connectivity index (χ2v) is 6.37. The Kier molecular flexibility index (Phi) is 4.56. The molecule has 21 heavy (non-hydrogen) atoms. The first-order chi connectivity index (χ1) is 10.2. The van der Waals surface area contributed by atoms with Crippen molar-refractivity contribution in [1.29, 1.82) is 0 Å². The van der Waals surface area contributed by atoms with Crippen LogP contribution in [0.15, 0.2) is 24.3 Å². The van der Waals surface area contributed by atoms with E-state index in [2.05, 4.69) is 15.5 Å². The Bertz CT molecular complexity index is 499. The number of benzene rings is 1. The maximum Gasteiger partial charge on any atom is 0.238 e. The minimum absolute atomic E-state index is 0.0429. The summed E-state index contributed by atoms with van der Waals surface area (Å²) in [4.78, 5) is 14.5. The minimum atomic E-state index is 0.0429. The molecule has 0 aromatic heterocycles. The van der Waals surface area contributed by atoms with E-state index in [-0.39, 0.29) is 5.91 Å². The van der Waals surface area contributed by atoms with Crippen molar-refractivity contribution in [3.63, 3.8) is 0 Å². The highest BCUT2D eigenvalue weighted by atomic mass is 16.1. The lowest BCUT2D eigenvalue weighted by Crippen LogP contribution is -2.33. The number of nitrogens with one attached hydrogen (secondary N) is 2. The fourth-order valence-electron chi connectivity index (χ4n) is 3.10. The molecule has 1 saturated carbocycles. The molecule has 1 saturated heterocycles. The highest BCUT2D eigenvalue weighted by molar-refractivity contribution is 5.92. The summed E-state index contributed by atoms with van der Waals surface area (Å²) in [5.41, 5.74) is 2.01. The third-order valence-corrected chi connectivity index (χ3v) is 4.52. The van der Waals surface area contributed by atoms with Crippen LogP contribution in [0.2, 0.25) is 0 Å². The number of rotatable bonds is 6. The highest BCUT2D eigenvalue weighted by Gasteiger charge is 2.34. The number of likely N-dealkylation sites (tertiary alicyclic amines) is 1. The molecule has 1 aromatic rings. The van der Waals surface area contributed by atoms with Gasteiger partial charge in [0.2, 0.25) is 5.91 Å². The van der Waals surface area contributed by atoms with E-state index in [9.17, 15) is 4.79 Å². The summed E-state index contributed by atoms with van der Waals surface area (Å²) in [6.07, 6.45) is 4.04. The first-order valence-electron chi connectivity index (χ1n) is 8.02. The maximum absolute atomic E-state index is 11.9. The zero-order valence-electron chi connectivity index (χ0n) is 12.8. The van der Waals surface area contributed by atoms with Crippen LogP contribution in [0.5, 0.6) is 0 Å². The van der Waals surface area contributed by atoms with Gasteiger partial charge in [0.25, 0.3) is 0 Å². The molecule has 1 aliphatic heterocycles. The molecule has 4 heteroatoms. The zero-order chi connectivity index (χ0) is 14.7. The van der Waals surface area contributed by atoms with Crippen molar-refractivity contribution >= 4 is 11.6 Å². The Morgan fingerprint density at radius 3 is 2.86 bits per heavy atom. The number of para-hydroxylation sites is 1. The Morgan fingerprint density at radius 2 is 2.10 bits per heavy atom. The van der Waals surface area contributed by atoms with Crippen molar-refractivity contribution in [2.45, 2.75) is 32.2 Å². The van der Waals surface area contributed by atoms with Gasteiger partial charge in [-0.2, -0.15) is 0 Å². The predicted molar refractivity (Wildman–Crippen MR) is 85.4 cm³/mol. The van der Waals surface area contributed by atoms with Crippen LogP contribution in [0.4, 0.5) is 5.69 Å². The van der Waals surface area contributed by atoms with Gasteiger partial charge in [-0.25, -0.2) is 0 Å². The van der Waals surface area contributed by atoms with E-state index in [1.807, 2.05) is 31.2 Å². The van der Waals surface area contributed by atoms with Crippen molar-refractivity contribution in [3.05, 3.63) is 29.8 Å². The van der Waals surface area contributed by atoms with Crippen LogP contribution in [-0.4, -0.2) is 43.0 Å². The van der Waals surface area contributed by atoms with E-state index in [1.165, 1.54) is 32.4 Å². The molecule has 2 aliphatic rings. The van der Waals surface area contributed by atoms with Crippen molar-refractivity contribution in [2.24, 2.45) is 5.92 Å². The van der Waals surface area contributed by atoms with Gasteiger partial charge < -0.3 is 15.5 Å². The molecule has 1 aliphatic carbocycles. The third-order valence-electron chi connectivity index (χ3n) is 4.52. The molecule has 1 amide bonds. The lowest BCUT2D eigenvalue weighted by atomic mass is 10.1. The van der Waals surface area contributed by atoms with Crippen LogP contribution in [0.25, 0.3) is 0 Å². The number of nitrogens with zero attached hydrogens (tertiary/aromatic N) is 1. The number of anilines is 1. The Labute approximate surface area is 126 Å². The Balaban J connectivity index is 1.35. The van der Waals surface area contributed by atoms with E-state index >= 15 is 0 Å². The third kappa shape index (κ3) is 4.05. The molecule has 1 aromatic carbocycles. The van der Waals surface area contributed by atoms with E-state index < -0.39 is 0 Å². The van der Waals surface area contributed by atoms with Gasteiger partial charge in [-0.15, -0.1) is 0 Å². The summed E-state index contributed by atoms with van der Waals surface area (Å²) in [5, 5.41) is 6.27. The molecule has 1 atom stereocenters. The molecule has 2 fully saturated rings. The monoisotopic (exact) mass is 287 g/mol. The number of amides is 1. The van der Waals surface area contributed by atoms with Crippen LogP contribution in [-0.2, 0) is 4.79 Å². The van der Waals surface area contributed by atoms with Gasteiger partial charge in [0.15, 0.2) is 0 Å². The van der Waals surface area contributed by atoms with Crippen LogP contribution >= 0.6 is 0 Å². The second-order valence-electron chi connectivity index (χ2n) is 6.37. The first-order valence-corrected chi connectivity index (χ1v) is 8.02. The highest BCUT2D eigenvalue weighted by Crippen LogP contribution is 2.31. The van der Waals surface area contributed by atoms with Crippen LogP contribution in [0, 0.1) is 12.8 Å². The maximum atomic E-state index is 11.9. The van der Waals surface area contributed by atoms with Gasteiger partial charge in [0.1, 0.15) is 0 Å². The molecule has 4 nitrogen and oxygen atoms in total. The number of carbonyl (C=O) groups excluding carboxylic acids is 1. The van der Waals surface area contributed by atoms with Gasteiger partial charge >= 0.3 is 0 Å². The summed E-state index contributed by atoms with van der Waals surface area (Å²) in [6.45, 7) is 5.80. The Hall–Kier alpha value is -1.39. The minimum Gasteiger partial charge on any atom is -0.325 e. The summed E-state index contributed by atoms with van der Waals surface area (Å²) >= 11 is 0. The fraction of sp³-hybridized carbons (Fsp3) is 0.588. The largest absolute Gasteiger partial charge is 0.325 e. The van der Waals surface area contributed by atoms with E-state index in [0.29, 0.717) is 12.5 Å². The SMILES string of the molecule is Cc1ccccc1NC(=O)CNCC1CCN(C2CC2)C1. The molecule has 2 N–H and O–H groups in total. The summed E-state index contributed by atoms with van der Waals surface area (Å²) in [5.74, 6) is 0.748. The Morgan fingerprint density at radius 1 is 1.29 bits per heavy atom. The first kappa shape index (κ1) is 14.5. The molecule has 0 spiro atoms. The summed E-state index contributed by atoms with van der Waals surface area (Å²) in [7, 11) is 0. The average Bonchev–Trinajstić information content (AvgIpc) is 3.22. The molecule has 1 unspecified atom stereocenters. The number of aryl methyl sites for hydroxylation is 1. The van der Waals surface area contributed by atoms with E-state index in [4.69, 9.17) is 0 Å². The summed E-state index contributed by atoms with van der Waals surface area (Å²) in [6, 6.07) is 8.75. The van der Waals surface area contributed by atoms with Crippen LogP contribution in [0.3, 0.4) is 0 Å². The van der Waals surface area contributed by atoms with Gasteiger partial charge in [-0.3, -0.25) is 4.79 Å². The summed E-state index contributed by atoms with van der Waals surface area (Å²) < 4.78 is 0. The number of hydrogen-bond donors (Lipinski definition) is 2. The van der Waals surface area contributed by atoms with Gasteiger partial charge in [-0.1, -0.05) is 18.2 Å². The fourth-order valence-corrected chi connectivity index (χ4v) is 3.10. The average molecular weight is 287 g/mol. The van der Waals surface area contributed by atoms with E-state index in [1.54, 1.807) is 0 Å². The van der Waals surface area contributed by atoms with Crippen molar-refractivity contribution < 1.29 is 4.79 Å². The van der Waals surface area contributed by atoms with Crippen LogP contribution in [0.1, 0.15) is 24.8 Å². The van der Waals surface area contributed by atoms with Crippen molar-refractivity contribution in [3.8, 4) is 0 Å². The number of hydrogen-bond acceptors (Lipinski definition) is 3. The van der Waals surface area contributed by atoms with Crippen molar-refractivity contribution in [2.75, 3.05) is 31.5 Å². The van der Waals surface area contributed by atoms with Gasteiger partial charge in [0.05, 0.1) is 6.54 Å². The van der Waals surface area contributed by atoms with Crippen molar-refractivity contribution in [1.82, 2.24) is 10.2 Å². The van der Waals surface area contributed by atoms with Gasteiger partial charge in [0, 0.05) is 18.3 Å². The van der Waals surface area contributed by atoms with Crippen LogP contribution < -0.4 is 10.6 Å². The number of carbonyl (C=O) groups is 1. The molecule has 0 bridgehead atoms. The molecular formula is C17H25N3O. The molecule has 114 valence electrons. The second kappa shape index (κ2) is 6.58. The molecular weight excluding hydrogens is 262 g/mol. The quantitative estimate of drug-likeness (QED) is 0.841. The predicted octanol–water partition coefficient (Wildman–Crippen LogP) is 2.01. The molecule has 1 heterocycles. The lowest BCUT2D eigenvalue weighted by Gasteiger charge is -2.15. The topological polar surface area (TPSA) is 44.4 Å². The molecule has 3 rings (SSSR count).